The molecule has 2 aliphatic carbocycles. The average molecular weight is 506 g/mol. The first-order valence-corrected chi connectivity index (χ1v) is 12.5. The van der Waals surface area contributed by atoms with Crippen molar-refractivity contribution in [1.29, 1.82) is 0 Å². The second-order valence-electron chi connectivity index (χ2n) is 9.01. The molecule has 166 valence electrons. The van der Waals surface area contributed by atoms with Gasteiger partial charge in [0.05, 0.1) is 0 Å². The highest BCUT2D eigenvalue weighted by molar-refractivity contribution is 9.10. The van der Waals surface area contributed by atoms with Gasteiger partial charge in [0.1, 0.15) is 0 Å². The van der Waals surface area contributed by atoms with Gasteiger partial charge in [-0.05, 0) is 63.8 Å². The van der Waals surface area contributed by atoms with Crippen molar-refractivity contribution < 1.29 is 4.79 Å². The van der Waals surface area contributed by atoms with Gasteiger partial charge in [0, 0.05) is 33.8 Å². The maximum absolute atomic E-state index is 13.8. The van der Waals surface area contributed by atoms with Gasteiger partial charge in [0.25, 0.3) is 0 Å². The van der Waals surface area contributed by atoms with Crippen LogP contribution in [0.25, 0.3) is 23.3 Å². The van der Waals surface area contributed by atoms with Crippen LogP contribution in [0.15, 0.2) is 101 Å². The minimum atomic E-state index is -0.202. The summed E-state index contributed by atoms with van der Waals surface area (Å²) in [6.07, 6.45) is 16.4. The summed E-state index contributed by atoms with van der Waals surface area (Å²) in [5.74, 6) is 0.0733. The fraction of sp³-hybridized carbons (Fsp3) is 0.129. The van der Waals surface area contributed by atoms with Gasteiger partial charge >= 0.3 is 0 Å². The number of benzene rings is 3. The summed E-state index contributed by atoms with van der Waals surface area (Å²) in [6, 6.07) is 20.9. The highest BCUT2D eigenvalue weighted by atomic mass is 79.9. The molecule has 1 aliphatic heterocycles. The highest BCUT2D eigenvalue weighted by Crippen LogP contribution is 2.35. The fourth-order valence-corrected chi connectivity index (χ4v) is 5.93. The molecule has 0 spiro atoms. The zero-order valence-electron chi connectivity index (χ0n) is 18.7. The summed E-state index contributed by atoms with van der Waals surface area (Å²) in [4.78, 5) is 13.8. The molecule has 2 atom stereocenters. The van der Waals surface area contributed by atoms with Crippen LogP contribution in [0.2, 0.25) is 0 Å². The largest absolute Gasteiger partial charge is 0.364 e. The number of rotatable bonds is 3. The molecule has 1 heterocycles. The molecule has 3 aromatic carbocycles. The van der Waals surface area contributed by atoms with E-state index in [-0.39, 0.29) is 17.6 Å². The molecular weight excluding hydrogens is 482 g/mol. The third-order valence-electron chi connectivity index (χ3n) is 7.08. The lowest BCUT2D eigenvalue weighted by Crippen LogP contribution is -2.40. The van der Waals surface area contributed by atoms with E-state index in [0.717, 1.165) is 28.6 Å². The second kappa shape index (κ2) is 8.73. The lowest BCUT2D eigenvalue weighted by Gasteiger charge is -2.30. The third kappa shape index (κ3) is 3.61. The van der Waals surface area contributed by atoms with E-state index in [1.807, 2.05) is 42.6 Å². The first kappa shape index (κ1) is 21.1. The van der Waals surface area contributed by atoms with Crippen LogP contribution in [-0.4, -0.2) is 5.78 Å². The smallest absolute Gasteiger partial charge is 0.170 e. The maximum atomic E-state index is 13.8. The van der Waals surface area contributed by atoms with Gasteiger partial charge in [0.15, 0.2) is 5.78 Å². The van der Waals surface area contributed by atoms with Crippen LogP contribution in [0.3, 0.4) is 0 Å². The second-order valence-corrected chi connectivity index (χ2v) is 9.87. The molecule has 6 rings (SSSR count). The number of carbonyl (C=O) groups is 1. The van der Waals surface area contributed by atoms with Gasteiger partial charge in [-0.15, -0.1) is 0 Å². The molecule has 3 aromatic rings. The molecule has 1 N–H and O–H groups in total. The summed E-state index contributed by atoms with van der Waals surface area (Å²) in [6.45, 7) is 0. The van der Waals surface area contributed by atoms with Gasteiger partial charge in [0.2, 0.25) is 0 Å². The van der Waals surface area contributed by atoms with Crippen molar-refractivity contribution in [1.82, 2.24) is 5.32 Å². The Labute approximate surface area is 207 Å². The van der Waals surface area contributed by atoms with E-state index >= 15 is 0 Å². The third-order valence-corrected chi connectivity index (χ3v) is 7.77. The maximum Gasteiger partial charge on any atom is 0.170 e. The van der Waals surface area contributed by atoms with Gasteiger partial charge in [-0.25, -0.2) is 0 Å². The van der Waals surface area contributed by atoms with Crippen molar-refractivity contribution in [3.63, 3.8) is 0 Å². The topological polar surface area (TPSA) is 29.1 Å². The van der Waals surface area contributed by atoms with Gasteiger partial charge in [-0.2, -0.15) is 0 Å². The first-order valence-electron chi connectivity index (χ1n) is 11.7. The summed E-state index contributed by atoms with van der Waals surface area (Å²) in [7, 11) is 0. The zero-order chi connectivity index (χ0) is 23.1. The molecule has 3 heteroatoms. The molecule has 2 unspecified atom stereocenters. The molecule has 3 aliphatic rings. The van der Waals surface area contributed by atoms with Crippen molar-refractivity contribution in [2.24, 2.45) is 5.92 Å². The number of hydrogen-bond acceptors (Lipinski definition) is 2. The Hall–Kier alpha value is -3.43. The molecule has 0 saturated carbocycles. The Bertz CT molecular complexity index is 1530. The molecule has 0 fully saturated rings. The lowest BCUT2D eigenvalue weighted by molar-refractivity contribution is 0.0943. The van der Waals surface area contributed by atoms with Crippen LogP contribution in [-0.2, 0) is 6.42 Å². The Morgan fingerprint density at radius 2 is 1.74 bits per heavy atom. The Balaban J connectivity index is 1.56. The predicted octanol–water partition coefficient (Wildman–Crippen LogP) is 5.78. The van der Waals surface area contributed by atoms with Crippen molar-refractivity contribution >= 4 is 33.9 Å². The number of Topliss-reactive ketones (excluding diaryl/α,β-unsaturated/α-hetero) is 1. The molecule has 0 saturated heterocycles. The van der Waals surface area contributed by atoms with Crippen molar-refractivity contribution in [3.8, 4) is 11.1 Å². The number of allylic oxidation sites excluding steroid dienone is 5. The molecular formula is C31H24BrNO. The first-order chi connectivity index (χ1) is 16.7. The summed E-state index contributed by atoms with van der Waals surface area (Å²) >= 11 is 3.59. The van der Waals surface area contributed by atoms with Gasteiger partial charge < -0.3 is 5.32 Å². The average Bonchev–Trinajstić information content (AvgIpc) is 3.17. The van der Waals surface area contributed by atoms with E-state index in [1.54, 1.807) is 0 Å². The van der Waals surface area contributed by atoms with E-state index in [4.69, 9.17) is 0 Å². The fourth-order valence-electron chi connectivity index (χ4n) is 5.45. The van der Waals surface area contributed by atoms with Crippen LogP contribution in [0.4, 0.5) is 0 Å². The Morgan fingerprint density at radius 1 is 0.882 bits per heavy atom. The molecule has 2 nitrogen and oxygen atoms in total. The molecule has 34 heavy (non-hydrogen) atoms. The summed E-state index contributed by atoms with van der Waals surface area (Å²) in [5, 5.41) is 5.93. The summed E-state index contributed by atoms with van der Waals surface area (Å²) < 4.78 is 0.851. The zero-order valence-corrected chi connectivity index (χ0v) is 20.3. The van der Waals surface area contributed by atoms with E-state index in [9.17, 15) is 4.79 Å². The van der Waals surface area contributed by atoms with Crippen LogP contribution < -0.4 is 15.8 Å². The van der Waals surface area contributed by atoms with Crippen LogP contribution in [0, 0.1) is 5.92 Å². The van der Waals surface area contributed by atoms with Crippen LogP contribution >= 0.6 is 15.9 Å². The SMILES string of the molecule is O=C(c1ccccc1Br)C1C=c2c(ccc3c2=CCc2ccccc2-3)C(C2=CC=CC=CN2)C1. The van der Waals surface area contributed by atoms with Gasteiger partial charge in [-0.1, -0.05) is 94.8 Å². The van der Waals surface area contributed by atoms with E-state index in [2.05, 4.69) is 81.9 Å². The van der Waals surface area contributed by atoms with Crippen LogP contribution in [0.5, 0.6) is 0 Å². The minimum absolute atomic E-state index is 0.111. The molecule has 0 amide bonds. The summed E-state index contributed by atoms with van der Waals surface area (Å²) in [5.41, 5.74) is 7.06. The van der Waals surface area contributed by atoms with Crippen molar-refractivity contribution in [2.75, 3.05) is 0 Å². The number of nitrogens with one attached hydrogen (secondary N) is 1. The van der Waals surface area contributed by atoms with E-state index < -0.39 is 0 Å². The minimum Gasteiger partial charge on any atom is -0.364 e. The van der Waals surface area contributed by atoms with Gasteiger partial charge in [-0.3, -0.25) is 4.79 Å². The van der Waals surface area contributed by atoms with E-state index in [1.165, 1.54) is 32.7 Å². The highest BCUT2D eigenvalue weighted by Gasteiger charge is 2.31. The van der Waals surface area contributed by atoms with E-state index in [0.29, 0.717) is 0 Å². The number of ketones is 1. The number of carbonyl (C=O) groups excluding carboxylic acids is 1. The monoisotopic (exact) mass is 505 g/mol. The van der Waals surface area contributed by atoms with Crippen molar-refractivity contribution in [3.05, 3.63) is 128 Å². The van der Waals surface area contributed by atoms with Crippen molar-refractivity contribution in [2.45, 2.75) is 18.8 Å². The molecule has 0 radical (unpaired) electrons. The number of fused-ring (bicyclic) bond motifs is 5. The number of hydrogen-bond donors (Lipinski definition) is 1. The van der Waals surface area contributed by atoms with Crippen LogP contribution in [0.1, 0.15) is 33.8 Å². The normalized spacial score (nSPS) is 19.9. The lowest BCUT2D eigenvalue weighted by atomic mass is 9.75. The predicted molar refractivity (Wildman–Crippen MR) is 143 cm³/mol. The Morgan fingerprint density at radius 3 is 2.65 bits per heavy atom. The number of halogens is 1. The quantitative estimate of drug-likeness (QED) is 0.457. The standard InChI is InChI=1S/C31H24BrNO/c32-29-11-6-5-10-26(29)31(34)21-18-27-24-14-13-20-8-3-4-9-22(20)23(24)15-16-25(27)28(19-21)30-12-2-1-7-17-33-30/h1-12,14-18,21,28,33H,13,19H2. The molecule has 0 aromatic heterocycles. The Kier molecular flexibility index (Phi) is 5.43. The molecule has 0 bridgehead atoms.